The fourth-order valence-electron chi connectivity index (χ4n) is 2.40. The second-order valence-electron chi connectivity index (χ2n) is 4.54. The van der Waals surface area contributed by atoms with Crippen molar-refractivity contribution >= 4 is 15.9 Å². The topological polar surface area (TPSA) is 41.5 Å². The van der Waals surface area contributed by atoms with E-state index in [1.807, 2.05) is 6.92 Å². The Bertz CT molecular complexity index is 414. The van der Waals surface area contributed by atoms with E-state index in [1.54, 1.807) is 13.2 Å². The van der Waals surface area contributed by atoms with Crippen LogP contribution >= 0.6 is 15.9 Å². The summed E-state index contributed by atoms with van der Waals surface area (Å²) in [5.41, 5.74) is 2.32. The molecule has 2 rings (SSSR count). The third kappa shape index (κ3) is 2.58. The van der Waals surface area contributed by atoms with E-state index in [9.17, 15) is 5.11 Å². The van der Waals surface area contributed by atoms with Crippen molar-refractivity contribution in [3.63, 3.8) is 0 Å². The van der Waals surface area contributed by atoms with Gasteiger partial charge in [-0.1, -0.05) is 0 Å². The number of aromatic hydroxyl groups is 1. The molecule has 0 saturated carbocycles. The minimum atomic E-state index is 0.194. The van der Waals surface area contributed by atoms with Crippen LogP contribution in [0, 0.1) is 6.92 Å². The monoisotopic (exact) mass is 299 g/mol. The summed E-state index contributed by atoms with van der Waals surface area (Å²) in [5.74, 6) is 0.726. The first kappa shape index (κ1) is 12.7. The van der Waals surface area contributed by atoms with Gasteiger partial charge in [-0.2, -0.15) is 0 Å². The summed E-state index contributed by atoms with van der Waals surface area (Å²) < 4.78 is 6.10. The number of benzene rings is 1. The Morgan fingerprint density at radius 3 is 2.94 bits per heavy atom. The smallest absolute Gasteiger partial charge is 0.174 e. The Morgan fingerprint density at radius 2 is 2.35 bits per heavy atom. The fourth-order valence-corrected chi connectivity index (χ4v) is 3.24. The van der Waals surface area contributed by atoms with Crippen molar-refractivity contribution in [2.45, 2.75) is 32.2 Å². The largest absolute Gasteiger partial charge is 0.504 e. The third-order valence-corrected chi connectivity index (χ3v) is 4.18. The van der Waals surface area contributed by atoms with Crippen LogP contribution in [0.1, 0.15) is 24.0 Å². The van der Waals surface area contributed by atoms with Gasteiger partial charge in [-0.3, -0.25) is 0 Å². The molecule has 0 amide bonds. The molecule has 1 fully saturated rings. The van der Waals surface area contributed by atoms with Gasteiger partial charge in [0, 0.05) is 6.04 Å². The van der Waals surface area contributed by atoms with Gasteiger partial charge >= 0.3 is 0 Å². The van der Waals surface area contributed by atoms with E-state index in [2.05, 4.69) is 21.2 Å². The van der Waals surface area contributed by atoms with Crippen LogP contribution in [-0.4, -0.2) is 24.8 Å². The second-order valence-corrected chi connectivity index (χ2v) is 5.33. The number of halogens is 1. The third-order valence-electron chi connectivity index (χ3n) is 3.34. The number of hydrogen-bond donors (Lipinski definition) is 2. The molecule has 1 aliphatic rings. The number of ether oxygens (including phenoxy) is 1. The average molecular weight is 300 g/mol. The molecule has 0 aliphatic carbocycles. The molecule has 4 heteroatoms. The van der Waals surface area contributed by atoms with Gasteiger partial charge in [-0.05, 0) is 65.9 Å². The van der Waals surface area contributed by atoms with E-state index < -0.39 is 0 Å². The lowest BCUT2D eigenvalue weighted by Crippen LogP contribution is -2.24. The lowest BCUT2D eigenvalue weighted by molar-refractivity contribution is 0.370. The molecule has 1 atom stereocenters. The Kier molecular flexibility index (Phi) is 3.94. The van der Waals surface area contributed by atoms with Crippen LogP contribution in [0.4, 0.5) is 0 Å². The molecule has 0 radical (unpaired) electrons. The van der Waals surface area contributed by atoms with Crippen molar-refractivity contribution in [2.24, 2.45) is 0 Å². The number of hydrogen-bond acceptors (Lipinski definition) is 3. The van der Waals surface area contributed by atoms with Crippen LogP contribution in [0.15, 0.2) is 10.5 Å². The summed E-state index contributed by atoms with van der Waals surface area (Å²) in [6, 6.07) is 2.31. The van der Waals surface area contributed by atoms with Gasteiger partial charge in [0.15, 0.2) is 11.5 Å². The molecule has 1 aromatic carbocycles. The zero-order chi connectivity index (χ0) is 12.4. The van der Waals surface area contributed by atoms with Crippen molar-refractivity contribution in [3.05, 3.63) is 21.7 Å². The molecule has 0 spiro atoms. The minimum Gasteiger partial charge on any atom is -0.504 e. The van der Waals surface area contributed by atoms with Gasteiger partial charge in [0.2, 0.25) is 0 Å². The van der Waals surface area contributed by atoms with Crippen molar-refractivity contribution in [1.82, 2.24) is 5.32 Å². The minimum absolute atomic E-state index is 0.194. The van der Waals surface area contributed by atoms with Crippen molar-refractivity contribution in [1.29, 1.82) is 0 Å². The van der Waals surface area contributed by atoms with Crippen LogP contribution in [0.2, 0.25) is 0 Å². The number of phenolic OH excluding ortho intramolecular Hbond substituents is 1. The standard InChI is InChI=1S/C13H18BrNO2/c1-8-6-11(16)13(17-2)12(14)10(8)7-9-4-3-5-15-9/h6,9,15-16H,3-5,7H2,1-2H3. The van der Waals surface area contributed by atoms with Gasteiger partial charge in [-0.15, -0.1) is 0 Å². The van der Waals surface area contributed by atoms with Gasteiger partial charge in [0.1, 0.15) is 0 Å². The number of methoxy groups -OCH3 is 1. The van der Waals surface area contributed by atoms with Crippen molar-refractivity contribution in [2.75, 3.05) is 13.7 Å². The van der Waals surface area contributed by atoms with Crippen LogP contribution in [0.5, 0.6) is 11.5 Å². The quantitative estimate of drug-likeness (QED) is 0.902. The molecule has 1 unspecified atom stereocenters. The molecule has 0 aromatic heterocycles. The van der Waals surface area contributed by atoms with Gasteiger partial charge < -0.3 is 15.2 Å². The Labute approximate surface area is 110 Å². The number of phenols is 1. The molecule has 3 nitrogen and oxygen atoms in total. The zero-order valence-corrected chi connectivity index (χ0v) is 11.8. The summed E-state index contributed by atoms with van der Waals surface area (Å²) in [5, 5.41) is 13.3. The maximum Gasteiger partial charge on any atom is 0.174 e. The summed E-state index contributed by atoms with van der Waals surface area (Å²) in [6.07, 6.45) is 3.44. The number of nitrogens with one attached hydrogen (secondary N) is 1. The molecule has 1 heterocycles. The molecule has 1 aliphatic heterocycles. The van der Waals surface area contributed by atoms with Crippen LogP contribution in [0.25, 0.3) is 0 Å². The van der Waals surface area contributed by atoms with Crippen LogP contribution in [-0.2, 0) is 6.42 Å². The number of rotatable bonds is 3. The lowest BCUT2D eigenvalue weighted by atomic mass is 9.99. The predicted molar refractivity (Wildman–Crippen MR) is 71.8 cm³/mol. The highest BCUT2D eigenvalue weighted by molar-refractivity contribution is 9.10. The van der Waals surface area contributed by atoms with Crippen LogP contribution in [0.3, 0.4) is 0 Å². The molecular formula is C13H18BrNO2. The molecule has 1 aromatic rings. The zero-order valence-electron chi connectivity index (χ0n) is 10.2. The highest BCUT2D eigenvalue weighted by Gasteiger charge is 2.20. The molecule has 94 valence electrons. The highest BCUT2D eigenvalue weighted by Crippen LogP contribution is 2.39. The molecule has 0 bridgehead atoms. The normalized spacial score (nSPS) is 19.6. The first-order chi connectivity index (χ1) is 8.13. The first-order valence-corrected chi connectivity index (χ1v) is 6.71. The van der Waals surface area contributed by atoms with E-state index in [4.69, 9.17) is 4.74 Å². The average Bonchev–Trinajstić information content (AvgIpc) is 2.77. The highest BCUT2D eigenvalue weighted by atomic mass is 79.9. The first-order valence-electron chi connectivity index (χ1n) is 5.91. The summed E-state index contributed by atoms with van der Waals surface area (Å²) in [7, 11) is 1.58. The Hall–Kier alpha value is -0.740. The maximum atomic E-state index is 9.79. The Balaban J connectivity index is 2.31. The van der Waals surface area contributed by atoms with Crippen molar-refractivity contribution in [3.8, 4) is 11.5 Å². The van der Waals surface area contributed by atoms with Crippen LogP contribution < -0.4 is 10.1 Å². The van der Waals surface area contributed by atoms with E-state index in [-0.39, 0.29) is 5.75 Å². The fraction of sp³-hybridized carbons (Fsp3) is 0.538. The lowest BCUT2D eigenvalue weighted by Gasteiger charge is -2.17. The van der Waals surface area contributed by atoms with Gasteiger partial charge in [0.05, 0.1) is 11.6 Å². The van der Waals surface area contributed by atoms with Gasteiger partial charge in [-0.25, -0.2) is 0 Å². The second kappa shape index (κ2) is 5.27. The summed E-state index contributed by atoms with van der Waals surface area (Å²) in [4.78, 5) is 0. The summed E-state index contributed by atoms with van der Waals surface area (Å²) in [6.45, 7) is 3.13. The Morgan fingerprint density at radius 1 is 1.59 bits per heavy atom. The molecule has 2 N–H and O–H groups in total. The molecular weight excluding hydrogens is 282 g/mol. The SMILES string of the molecule is COc1c(O)cc(C)c(CC2CCCN2)c1Br. The van der Waals surface area contributed by atoms with E-state index >= 15 is 0 Å². The summed E-state index contributed by atoms with van der Waals surface area (Å²) >= 11 is 3.54. The molecule has 17 heavy (non-hydrogen) atoms. The maximum absolute atomic E-state index is 9.79. The number of aryl methyl sites for hydroxylation is 1. The van der Waals surface area contributed by atoms with E-state index in [1.165, 1.54) is 18.4 Å². The van der Waals surface area contributed by atoms with E-state index in [0.717, 1.165) is 23.0 Å². The van der Waals surface area contributed by atoms with Crippen molar-refractivity contribution < 1.29 is 9.84 Å². The van der Waals surface area contributed by atoms with E-state index in [0.29, 0.717) is 11.8 Å². The predicted octanol–water partition coefficient (Wildman–Crippen LogP) is 2.77. The molecule has 1 saturated heterocycles. The van der Waals surface area contributed by atoms with Gasteiger partial charge in [0.25, 0.3) is 0 Å².